The lowest BCUT2D eigenvalue weighted by molar-refractivity contribution is -0.145. The van der Waals surface area contributed by atoms with Crippen molar-refractivity contribution in [2.75, 3.05) is 5.75 Å². The number of carbonyl (C=O) groups is 5. The summed E-state index contributed by atoms with van der Waals surface area (Å²) >= 11 is 3.98. The standard InChI is InChI=1S/C16H29N5O7S/c1-6(2)11(18)15(26)20-9(5-29)14(25)19-8(4-10(17)23)13(24)21-12(7(3)22)16(27)28/h6-9,11-12,22,29H,4-5,18H2,1-3H3,(H2,17,23)(H,19,25)(H,20,26)(H,21,24)(H,27,28). The second-order valence-electron chi connectivity index (χ2n) is 6.81. The molecule has 5 atom stereocenters. The van der Waals surface area contributed by atoms with Gasteiger partial charge in [-0.2, -0.15) is 12.6 Å². The lowest BCUT2D eigenvalue weighted by atomic mass is 10.0. The van der Waals surface area contributed by atoms with Gasteiger partial charge in [0, 0.05) is 5.75 Å². The number of amides is 4. The van der Waals surface area contributed by atoms with Crippen LogP contribution in [0.4, 0.5) is 0 Å². The molecule has 0 heterocycles. The fourth-order valence-corrected chi connectivity index (χ4v) is 2.35. The van der Waals surface area contributed by atoms with Crippen molar-refractivity contribution < 1.29 is 34.2 Å². The number of carbonyl (C=O) groups excluding carboxylic acids is 4. The number of nitrogens with two attached hydrogens (primary N) is 2. The van der Waals surface area contributed by atoms with Crippen molar-refractivity contribution >= 4 is 42.2 Å². The minimum absolute atomic E-state index is 0.140. The summed E-state index contributed by atoms with van der Waals surface area (Å²) < 4.78 is 0. The van der Waals surface area contributed by atoms with E-state index in [9.17, 15) is 29.1 Å². The van der Waals surface area contributed by atoms with Gasteiger partial charge in [-0.05, 0) is 12.8 Å². The van der Waals surface area contributed by atoms with Gasteiger partial charge in [0.25, 0.3) is 0 Å². The molecule has 29 heavy (non-hydrogen) atoms. The largest absolute Gasteiger partial charge is 0.480 e. The molecule has 12 nitrogen and oxygen atoms in total. The first-order valence-corrected chi connectivity index (χ1v) is 9.41. The molecule has 0 aromatic carbocycles. The van der Waals surface area contributed by atoms with E-state index in [-0.39, 0.29) is 11.7 Å². The molecule has 0 spiro atoms. The number of hydrogen-bond donors (Lipinski definition) is 8. The van der Waals surface area contributed by atoms with Crippen molar-refractivity contribution in [3.05, 3.63) is 0 Å². The van der Waals surface area contributed by atoms with Gasteiger partial charge >= 0.3 is 5.97 Å². The van der Waals surface area contributed by atoms with Gasteiger partial charge in [-0.3, -0.25) is 19.2 Å². The van der Waals surface area contributed by atoms with Gasteiger partial charge in [-0.1, -0.05) is 13.8 Å². The Balaban J connectivity index is 5.30. The van der Waals surface area contributed by atoms with Crippen molar-refractivity contribution in [3.8, 4) is 0 Å². The summed E-state index contributed by atoms with van der Waals surface area (Å²) in [5.41, 5.74) is 10.8. The van der Waals surface area contributed by atoms with Gasteiger partial charge in [-0.25, -0.2) is 4.79 Å². The number of rotatable bonds is 12. The molecule has 0 saturated carbocycles. The van der Waals surface area contributed by atoms with E-state index in [0.29, 0.717) is 0 Å². The average Bonchev–Trinajstić information content (AvgIpc) is 2.61. The molecule has 0 radical (unpaired) electrons. The van der Waals surface area contributed by atoms with Gasteiger partial charge in [0.15, 0.2) is 6.04 Å². The molecule has 5 unspecified atom stereocenters. The zero-order valence-corrected chi connectivity index (χ0v) is 17.3. The third kappa shape index (κ3) is 9.11. The van der Waals surface area contributed by atoms with E-state index in [1.54, 1.807) is 13.8 Å². The molecule has 0 aromatic rings. The Hall–Kier alpha value is -2.38. The summed E-state index contributed by atoms with van der Waals surface area (Å²) in [6, 6.07) is -5.25. The maximum atomic E-state index is 12.4. The van der Waals surface area contributed by atoms with Crippen molar-refractivity contribution in [1.82, 2.24) is 16.0 Å². The van der Waals surface area contributed by atoms with Crippen LogP contribution in [0.2, 0.25) is 0 Å². The lowest BCUT2D eigenvalue weighted by Gasteiger charge is -2.25. The highest BCUT2D eigenvalue weighted by Gasteiger charge is 2.32. The van der Waals surface area contributed by atoms with Gasteiger partial charge in [-0.15, -0.1) is 0 Å². The van der Waals surface area contributed by atoms with E-state index >= 15 is 0 Å². The topological polar surface area (TPSA) is 214 Å². The van der Waals surface area contributed by atoms with Crippen LogP contribution in [0.5, 0.6) is 0 Å². The van der Waals surface area contributed by atoms with E-state index in [1.165, 1.54) is 0 Å². The zero-order valence-electron chi connectivity index (χ0n) is 16.4. The van der Waals surface area contributed by atoms with Crippen molar-refractivity contribution in [3.63, 3.8) is 0 Å². The zero-order chi connectivity index (χ0) is 22.9. The highest BCUT2D eigenvalue weighted by Crippen LogP contribution is 2.02. The molecule has 0 aliphatic heterocycles. The lowest BCUT2D eigenvalue weighted by Crippen LogP contribution is -2.59. The normalized spacial score (nSPS) is 16.1. The molecule has 0 aliphatic rings. The Morgan fingerprint density at radius 2 is 1.41 bits per heavy atom. The second kappa shape index (κ2) is 12.2. The number of hydrogen-bond acceptors (Lipinski definition) is 8. The first kappa shape index (κ1) is 26.6. The average molecular weight is 436 g/mol. The van der Waals surface area contributed by atoms with Crippen LogP contribution in [-0.2, 0) is 24.0 Å². The third-order valence-corrected chi connectivity index (χ3v) is 4.29. The summed E-state index contributed by atoms with van der Waals surface area (Å²) in [6.07, 6.45) is -2.08. The fourth-order valence-electron chi connectivity index (χ4n) is 2.09. The van der Waals surface area contributed by atoms with Crippen molar-refractivity contribution in [2.24, 2.45) is 17.4 Å². The van der Waals surface area contributed by atoms with Crippen molar-refractivity contribution in [1.29, 1.82) is 0 Å². The summed E-state index contributed by atoms with van der Waals surface area (Å²) in [4.78, 5) is 59.2. The van der Waals surface area contributed by atoms with Gasteiger partial charge in [0.1, 0.15) is 12.1 Å². The summed E-state index contributed by atoms with van der Waals surface area (Å²) in [5, 5.41) is 25.1. The van der Waals surface area contributed by atoms with Gasteiger partial charge in [0.2, 0.25) is 23.6 Å². The predicted octanol–water partition coefficient (Wildman–Crippen LogP) is -3.31. The Labute approximate surface area is 173 Å². The van der Waals surface area contributed by atoms with Gasteiger partial charge < -0.3 is 37.6 Å². The van der Waals surface area contributed by atoms with Crippen LogP contribution in [0.3, 0.4) is 0 Å². The molecule has 166 valence electrons. The van der Waals surface area contributed by atoms with Crippen LogP contribution < -0.4 is 27.4 Å². The number of aliphatic hydroxyl groups is 1. The summed E-state index contributed by atoms with van der Waals surface area (Å²) in [6.45, 7) is 4.58. The molecule has 0 saturated heterocycles. The van der Waals surface area contributed by atoms with Crippen molar-refractivity contribution in [2.45, 2.75) is 57.5 Å². The number of nitrogens with one attached hydrogen (secondary N) is 3. The SMILES string of the molecule is CC(C)C(N)C(=O)NC(CS)C(=O)NC(CC(N)=O)C(=O)NC(C(=O)O)C(C)O. The number of thiol groups is 1. The molecular weight excluding hydrogens is 406 g/mol. The first-order chi connectivity index (χ1) is 13.3. The molecule has 0 rings (SSSR count). The Morgan fingerprint density at radius 3 is 1.79 bits per heavy atom. The highest BCUT2D eigenvalue weighted by atomic mass is 32.1. The number of aliphatic hydroxyl groups excluding tert-OH is 1. The second-order valence-corrected chi connectivity index (χ2v) is 7.18. The molecule has 9 N–H and O–H groups in total. The number of carboxylic acids is 1. The summed E-state index contributed by atoms with van der Waals surface area (Å²) in [7, 11) is 0. The molecule has 0 aliphatic carbocycles. The minimum Gasteiger partial charge on any atom is -0.480 e. The third-order valence-electron chi connectivity index (χ3n) is 3.92. The maximum Gasteiger partial charge on any atom is 0.328 e. The molecule has 0 fully saturated rings. The highest BCUT2D eigenvalue weighted by molar-refractivity contribution is 7.80. The Morgan fingerprint density at radius 1 is 0.931 bits per heavy atom. The van der Waals surface area contributed by atoms with E-state index in [0.717, 1.165) is 6.92 Å². The monoisotopic (exact) mass is 435 g/mol. The molecular formula is C16H29N5O7S. The fraction of sp³-hybridized carbons (Fsp3) is 0.688. The van der Waals surface area contributed by atoms with E-state index in [2.05, 4.69) is 23.3 Å². The van der Waals surface area contributed by atoms with E-state index in [1.807, 2.05) is 5.32 Å². The van der Waals surface area contributed by atoms with Crippen LogP contribution in [0.15, 0.2) is 0 Å². The minimum atomic E-state index is -1.67. The number of primary amides is 1. The van der Waals surface area contributed by atoms with Crippen LogP contribution in [0, 0.1) is 5.92 Å². The van der Waals surface area contributed by atoms with Crippen LogP contribution in [0.1, 0.15) is 27.2 Å². The van der Waals surface area contributed by atoms with E-state index in [4.69, 9.17) is 16.6 Å². The molecule has 0 aromatic heterocycles. The molecule has 4 amide bonds. The maximum absolute atomic E-state index is 12.4. The quantitative estimate of drug-likeness (QED) is 0.145. The Kier molecular flexibility index (Phi) is 11.2. The number of aliphatic carboxylic acids is 1. The summed E-state index contributed by atoms with van der Waals surface area (Å²) in [5.74, 6) is -5.30. The van der Waals surface area contributed by atoms with Crippen LogP contribution >= 0.6 is 12.6 Å². The predicted molar refractivity (Wildman–Crippen MR) is 106 cm³/mol. The molecule has 0 bridgehead atoms. The van der Waals surface area contributed by atoms with Gasteiger partial charge in [0.05, 0.1) is 18.6 Å². The molecule has 13 heteroatoms. The number of carboxylic acid groups (broad SMARTS) is 1. The van der Waals surface area contributed by atoms with Crippen LogP contribution in [0.25, 0.3) is 0 Å². The first-order valence-electron chi connectivity index (χ1n) is 8.78. The van der Waals surface area contributed by atoms with E-state index < -0.39 is 66.3 Å². The Bertz CT molecular complexity index is 629. The van der Waals surface area contributed by atoms with Crippen LogP contribution in [-0.4, -0.2) is 75.8 Å². The smallest absolute Gasteiger partial charge is 0.328 e.